The highest BCUT2D eigenvalue weighted by atomic mass is 19.1. The first-order valence-corrected chi connectivity index (χ1v) is 8.37. The Bertz CT molecular complexity index is 998. The van der Waals surface area contributed by atoms with E-state index in [1.54, 1.807) is 25.1 Å². The summed E-state index contributed by atoms with van der Waals surface area (Å²) < 4.78 is 13.3. The Morgan fingerprint density at radius 2 is 1.93 bits per heavy atom. The lowest BCUT2D eigenvalue weighted by Gasteiger charge is -2.33. The van der Waals surface area contributed by atoms with Crippen LogP contribution >= 0.6 is 0 Å². The third-order valence-electron chi connectivity index (χ3n) is 4.42. The van der Waals surface area contributed by atoms with Crippen LogP contribution < -0.4 is 22.6 Å². The fourth-order valence-electron chi connectivity index (χ4n) is 3.00. The van der Waals surface area contributed by atoms with Crippen molar-refractivity contribution in [3.05, 3.63) is 70.7 Å². The lowest BCUT2D eigenvalue weighted by Crippen LogP contribution is -2.49. The number of nitrogen functional groups attached to an aromatic ring is 1. The first-order chi connectivity index (χ1) is 13.3. The molecule has 8 N–H and O–H groups in total. The van der Waals surface area contributed by atoms with E-state index in [-0.39, 0.29) is 11.5 Å². The van der Waals surface area contributed by atoms with Crippen LogP contribution in [0.15, 0.2) is 58.7 Å². The highest BCUT2D eigenvalue weighted by Gasteiger charge is 2.33. The molecule has 1 atom stereocenters. The summed E-state index contributed by atoms with van der Waals surface area (Å²) in [5.41, 5.74) is 14.3. The van der Waals surface area contributed by atoms with E-state index in [0.29, 0.717) is 28.2 Å². The predicted octanol–water partition coefficient (Wildman–Crippen LogP) is 1.86. The third kappa shape index (κ3) is 3.55. The average Bonchev–Trinajstić information content (AvgIpc) is 2.66. The van der Waals surface area contributed by atoms with Gasteiger partial charge < -0.3 is 22.2 Å². The first-order valence-electron chi connectivity index (χ1n) is 8.37. The molecule has 0 aromatic heterocycles. The second-order valence-electron chi connectivity index (χ2n) is 6.27. The molecule has 1 unspecified atom stereocenters. The monoisotopic (exact) mass is 381 g/mol. The number of rotatable bonds is 4. The van der Waals surface area contributed by atoms with Crippen molar-refractivity contribution in [1.82, 2.24) is 5.01 Å². The molecule has 3 rings (SSSR count). The van der Waals surface area contributed by atoms with Crippen LogP contribution in [0.3, 0.4) is 0 Å². The summed E-state index contributed by atoms with van der Waals surface area (Å²) >= 11 is 0. The van der Waals surface area contributed by atoms with E-state index in [9.17, 15) is 9.18 Å². The van der Waals surface area contributed by atoms with Gasteiger partial charge in [-0.15, -0.1) is 0 Å². The maximum absolute atomic E-state index is 13.3. The maximum atomic E-state index is 13.3. The molecule has 0 radical (unpaired) electrons. The fourth-order valence-corrected chi connectivity index (χ4v) is 3.00. The molecule has 144 valence electrons. The van der Waals surface area contributed by atoms with Crippen molar-refractivity contribution in [3.63, 3.8) is 0 Å². The molecule has 28 heavy (non-hydrogen) atoms. The largest absolute Gasteiger partial charge is 0.398 e. The lowest BCUT2D eigenvalue weighted by molar-refractivity contribution is -0.113. The molecule has 2 aromatic rings. The molecule has 1 aliphatic rings. The molecule has 0 fully saturated rings. The number of guanidine groups is 1. The minimum Gasteiger partial charge on any atom is -0.398 e. The molecule has 0 bridgehead atoms. The predicted molar refractivity (Wildman–Crippen MR) is 107 cm³/mol. The summed E-state index contributed by atoms with van der Waals surface area (Å²) in [6.07, 6.45) is 1.10. The second-order valence-corrected chi connectivity index (χ2v) is 6.27. The SMILES string of the molecule is CC1=C(C(=O)Nc2ccc(N)c(C=N)c2)C(c2ccc(F)cc2)N(N)C(N)=N1. The second kappa shape index (κ2) is 7.49. The molecule has 0 saturated heterocycles. The van der Waals surface area contributed by atoms with Crippen molar-refractivity contribution >= 4 is 29.5 Å². The number of carbonyl (C=O) groups excluding carboxylic acids is 1. The number of anilines is 2. The molecule has 9 heteroatoms. The van der Waals surface area contributed by atoms with Gasteiger partial charge in [-0.2, -0.15) is 0 Å². The number of aliphatic imine (C=N–C) groups is 1. The topological polar surface area (TPSA) is 147 Å². The van der Waals surface area contributed by atoms with Crippen LogP contribution in [0.4, 0.5) is 15.8 Å². The number of halogens is 1. The molecule has 8 nitrogen and oxygen atoms in total. The highest BCUT2D eigenvalue weighted by molar-refractivity contribution is 6.07. The highest BCUT2D eigenvalue weighted by Crippen LogP contribution is 2.33. The van der Waals surface area contributed by atoms with Gasteiger partial charge in [0.1, 0.15) is 11.9 Å². The molecular weight excluding hydrogens is 361 g/mol. The maximum Gasteiger partial charge on any atom is 0.255 e. The van der Waals surface area contributed by atoms with Gasteiger partial charge in [0, 0.05) is 23.2 Å². The van der Waals surface area contributed by atoms with Crippen molar-refractivity contribution in [2.45, 2.75) is 13.0 Å². The number of nitrogens with two attached hydrogens (primary N) is 3. The minimum absolute atomic E-state index is 0.0435. The summed E-state index contributed by atoms with van der Waals surface area (Å²) in [6.45, 7) is 1.65. The van der Waals surface area contributed by atoms with Gasteiger partial charge in [0.2, 0.25) is 5.96 Å². The van der Waals surface area contributed by atoms with Crippen LogP contribution in [0.2, 0.25) is 0 Å². The van der Waals surface area contributed by atoms with Crippen LogP contribution in [0.25, 0.3) is 0 Å². The van der Waals surface area contributed by atoms with Gasteiger partial charge in [-0.3, -0.25) is 9.80 Å². The normalized spacial score (nSPS) is 16.6. The Balaban J connectivity index is 2.00. The minimum atomic E-state index is -0.742. The van der Waals surface area contributed by atoms with E-state index in [1.807, 2.05) is 0 Å². The molecule has 0 aliphatic carbocycles. The number of nitrogens with one attached hydrogen (secondary N) is 2. The molecule has 2 aromatic carbocycles. The lowest BCUT2D eigenvalue weighted by atomic mass is 9.94. The van der Waals surface area contributed by atoms with Crippen LogP contribution in [0.5, 0.6) is 0 Å². The number of allylic oxidation sites excluding steroid dienone is 1. The standard InChI is InChI=1S/C19H20FN7O/c1-10-16(18(28)26-14-6-7-15(22)12(8-14)9-21)17(27(24)19(23)25-10)11-2-4-13(20)5-3-11/h2-9,17,21H,22,24H2,1H3,(H2,23,25)(H,26,28). The van der Waals surface area contributed by atoms with E-state index in [2.05, 4.69) is 10.3 Å². The van der Waals surface area contributed by atoms with Crippen molar-refractivity contribution in [1.29, 1.82) is 5.41 Å². The molecule has 1 aliphatic heterocycles. The van der Waals surface area contributed by atoms with Crippen molar-refractivity contribution in [2.24, 2.45) is 16.6 Å². The van der Waals surface area contributed by atoms with Crippen LogP contribution in [0.1, 0.15) is 24.1 Å². The summed E-state index contributed by atoms with van der Waals surface area (Å²) in [4.78, 5) is 17.2. The van der Waals surface area contributed by atoms with E-state index < -0.39 is 17.8 Å². The number of hydrogen-bond acceptors (Lipinski definition) is 7. The van der Waals surface area contributed by atoms with Crippen molar-refractivity contribution in [2.75, 3.05) is 11.1 Å². The van der Waals surface area contributed by atoms with Crippen molar-refractivity contribution < 1.29 is 9.18 Å². The Kier molecular flexibility index (Phi) is 5.10. The van der Waals surface area contributed by atoms with Crippen LogP contribution in [-0.4, -0.2) is 23.1 Å². The van der Waals surface area contributed by atoms with E-state index >= 15 is 0 Å². The Morgan fingerprint density at radius 1 is 1.25 bits per heavy atom. The zero-order valence-corrected chi connectivity index (χ0v) is 15.1. The van der Waals surface area contributed by atoms with E-state index in [4.69, 9.17) is 22.7 Å². The molecule has 1 amide bonds. The summed E-state index contributed by atoms with van der Waals surface area (Å²) in [5, 5.41) is 11.3. The average molecular weight is 381 g/mol. The van der Waals surface area contributed by atoms with Gasteiger partial charge in [-0.1, -0.05) is 12.1 Å². The Morgan fingerprint density at radius 3 is 2.57 bits per heavy atom. The number of nitrogens with zero attached hydrogens (tertiary/aromatic N) is 2. The number of hydrogen-bond donors (Lipinski definition) is 5. The molecule has 0 saturated carbocycles. The molecule has 0 spiro atoms. The number of carbonyl (C=O) groups is 1. The van der Waals surface area contributed by atoms with Gasteiger partial charge in [-0.25, -0.2) is 15.2 Å². The van der Waals surface area contributed by atoms with Gasteiger partial charge >= 0.3 is 0 Å². The van der Waals surface area contributed by atoms with Crippen molar-refractivity contribution in [3.8, 4) is 0 Å². The smallest absolute Gasteiger partial charge is 0.255 e. The van der Waals surface area contributed by atoms with Crippen LogP contribution in [0, 0.1) is 11.2 Å². The van der Waals surface area contributed by atoms with Gasteiger partial charge in [0.05, 0.1) is 11.3 Å². The summed E-state index contributed by atoms with van der Waals surface area (Å²) in [6, 6.07) is 9.71. The van der Waals surface area contributed by atoms with Gasteiger partial charge in [0.15, 0.2) is 0 Å². The van der Waals surface area contributed by atoms with E-state index in [0.717, 1.165) is 6.21 Å². The quantitative estimate of drug-likeness (QED) is 0.312. The van der Waals surface area contributed by atoms with Crippen LogP contribution in [-0.2, 0) is 4.79 Å². The Hall–Kier alpha value is -3.72. The number of amides is 1. The van der Waals surface area contributed by atoms with Gasteiger partial charge in [0.25, 0.3) is 5.91 Å². The number of benzene rings is 2. The zero-order chi connectivity index (χ0) is 20.4. The van der Waals surface area contributed by atoms with Gasteiger partial charge in [-0.05, 0) is 42.8 Å². The third-order valence-corrected chi connectivity index (χ3v) is 4.42. The first kappa shape index (κ1) is 19.1. The summed E-state index contributed by atoms with van der Waals surface area (Å²) in [7, 11) is 0. The van der Waals surface area contributed by atoms with E-state index in [1.165, 1.54) is 29.3 Å². The summed E-state index contributed by atoms with van der Waals surface area (Å²) in [5.74, 6) is 5.26. The molecular formula is C19H20FN7O. The fraction of sp³-hybridized carbons (Fsp3) is 0.105. The Labute approximate surface area is 161 Å². The number of hydrazine groups is 1. The molecule has 1 heterocycles. The zero-order valence-electron chi connectivity index (χ0n) is 15.1.